The van der Waals surface area contributed by atoms with Gasteiger partial charge in [-0.1, -0.05) is 31.5 Å². The third-order valence-corrected chi connectivity index (χ3v) is 4.25. The van der Waals surface area contributed by atoms with Crippen molar-refractivity contribution in [1.29, 1.82) is 0 Å². The average Bonchev–Trinajstić information content (AvgIpc) is 2.98. The zero-order chi connectivity index (χ0) is 18.3. The summed E-state index contributed by atoms with van der Waals surface area (Å²) in [6.07, 6.45) is 1.64. The number of hydrogen-bond donors (Lipinski definition) is 0. The number of imidazole rings is 1. The van der Waals surface area contributed by atoms with Gasteiger partial charge in [-0.2, -0.15) is 0 Å². The van der Waals surface area contributed by atoms with E-state index in [1.165, 1.54) is 9.13 Å². The Morgan fingerprint density at radius 2 is 1.68 bits per heavy atom. The second-order valence-electron chi connectivity index (χ2n) is 7.18. The zero-order valence-electron chi connectivity index (χ0n) is 15.4. The van der Waals surface area contributed by atoms with Crippen LogP contribution in [0.15, 0.2) is 40.2 Å². The number of nitrogens with zero attached hydrogens (tertiary/aromatic N) is 4. The van der Waals surface area contributed by atoms with Gasteiger partial charge in [-0.15, -0.1) is 0 Å². The van der Waals surface area contributed by atoms with E-state index in [4.69, 9.17) is 0 Å². The molecule has 0 aliphatic rings. The molecular formula is C19H24N4O2. The number of benzene rings is 1. The van der Waals surface area contributed by atoms with E-state index in [-0.39, 0.29) is 23.2 Å². The van der Waals surface area contributed by atoms with Gasteiger partial charge in [-0.05, 0) is 38.8 Å². The highest BCUT2D eigenvalue weighted by Gasteiger charge is 2.20. The minimum atomic E-state index is -0.343. The molecule has 0 amide bonds. The number of rotatable bonds is 4. The highest BCUT2D eigenvalue weighted by atomic mass is 16.2. The SMILES string of the molecule is Cc1ccc(-n2c(=O)n(CC(C)C)c(=O)c3c2ncn3C(C)C)cc1. The fourth-order valence-corrected chi connectivity index (χ4v) is 2.99. The van der Waals surface area contributed by atoms with Crippen LogP contribution < -0.4 is 11.2 Å². The summed E-state index contributed by atoms with van der Waals surface area (Å²) in [6, 6.07) is 7.74. The van der Waals surface area contributed by atoms with E-state index in [1.807, 2.05) is 63.5 Å². The topological polar surface area (TPSA) is 61.8 Å². The first kappa shape index (κ1) is 17.2. The van der Waals surface area contributed by atoms with Gasteiger partial charge in [-0.25, -0.2) is 14.3 Å². The van der Waals surface area contributed by atoms with Crippen LogP contribution in [0, 0.1) is 12.8 Å². The molecule has 6 nitrogen and oxygen atoms in total. The summed E-state index contributed by atoms with van der Waals surface area (Å²) in [5.41, 5.74) is 2.08. The van der Waals surface area contributed by atoms with E-state index in [2.05, 4.69) is 4.98 Å². The van der Waals surface area contributed by atoms with Crippen molar-refractivity contribution >= 4 is 11.2 Å². The van der Waals surface area contributed by atoms with Crippen molar-refractivity contribution in [3.63, 3.8) is 0 Å². The maximum absolute atomic E-state index is 13.1. The lowest BCUT2D eigenvalue weighted by molar-refractivity contribution is 0.487. The predicted molar refractivity (Wildman–Crippen MR) is 99.6 cm³/mol. The second kappa shape index (κ2) is 6.35. The number of aryl methyl sites for hydroxylation is 1. The number of aromatic nitrogens is 4. The first-order valence-corrected chi connectivity index (χ1v) is 8.60. The van der Waals surface area contributed by atoms with Crippen LogP contribution in [0.5, 0.6) is 0 Å². The van der Waals surface area contributed by atoms with Crippen LogP contribution in [0.1, 0.15) is 39.3 Å². The van der Waals surface area contributed by atoms with Gasteiger partial charge in [0, 0.05) is 12.6 Å². The predicted octanol–water partition coefficient (Wildman–Crippen LogP) is 2.89. The molecule has 0 atom stereocenters. The molecule has 1 aromatic carbocycles. The molecule has 0 saturated heterocycles. The summed E-state index contributed by atoms with van der Waals surface area (Å²) >= 11 is 0. The fourth-order valence-electron chi connectivity index (χ4n) is 2.99. The summed E-state index contributed by atoms with van der Waals surface area (Å²) in [5.74, 6) is 0.185. The van der Waals surface area contributed by atoms with Crippen LogP contribution in [0.3, 0.4) is 0 Å². The first-order chi connectivity index (χ1) is 11.8. The molecule has 0 fully saturated rings. The standard InChI is InChI=1S/C19H24N4O2/c1-12(2)10-21-18(24)16-17(20-11-22(16)13(3)4)23(19(21)25)15-8-6-14(5)7-9-15/h6-9,11-13H,10H2,1-5H3. The van der Waals surface area contributed by atoms with Gasteiger partial charge >= 0.3 is 5.69 Å². The third kappa shape index (κ3) is 2.92. The molecule has 0 saturated carbocycles. The summed E-state index contributed by atoms with van der Waals surface area (Å²) in [6.45, 7) is 10.3. The Bertz CT molecular complexity index is 1020. The largest absolute Gasteiger partial charge is 0.337 e. The van der Waals surface area contributed by atoms with E-state index >= 15 is 0 Å². The Kier molecular flexibility index (Phi) is 4.37. The Morgan fingerprint density at radius 3 is 2.24 bits per heavy atom. The second-order valence-corrected chi connectivity index (χ2v) is 7.18. The quantitative estimate of drug-likeness (QED) is 0.734. The molecule has 0 spiro atoms. The van der Waals surface area contributed by atoms with E-state index < -0.39 is 0 Å². The van der Waals surface area contributed by atoms with E-state index in [9.17, 15) is 9.59 Å². The zero-order valence-corrected chi connectivity index (χ0v) is 15.4. The monoisotopic (exact) mass is 340 g/mol. The highest BCUT2D eigenvalue weighted by molar-refractivity contribution is 5.72. The molecule has 0 N–H and O–H groups in total. The number of hydrogen-bond acceptors (Lipinski definition) is 3. The van der Waals surface area contributed by atoms with E-state index in [0.29, 0.717) is 23.4 Å². The molecule has 0 radical (unpaired) electrons. The summed E-state index contributed by atoms with van der Waals surface area (Å²) in [5, 5.41) is 0. The van der Waals surface area contributed by atoms with Crippen LogP contribution in [-0.4, -0.2) is 18.7 Å². The van der Waals surface area contributed by atoms with Crippen LogP contribution in [0.4, 0.5) is 0 Å². The Morgan fingerprint density at radius 1 is 1.04 bits per heavy atom. The van der Waals surface area contributed by atoms with Crippen molar-refractivity contribution in [3.8, 4) is 5.69 Å². The van der Waals surface area contributed by atoms with Gasteiger partial charge in [-0.3, -0.25) is 9.36 Å². The van der Waals surface area contributed by atoms with Gasteiger partial charge in [0.25, 0.3) is 5.56 Å². The average molecular weight is 340 g/mol. The van der Waals surface area contributed by atoms with Gasteiger partial charge in [0.15, 0.2) is 11.2 Å². The normalized spacial score (nSPS) is 11.8. The Labute approximate surface area is 146 Å². The molecule has 132 valence electrons. The van der Waals surface area contributed by atoms with Crippen LogP contribution in [0.25, 0.3) is 16.9 Å². The van der Waals surface area contributed by atoms with Gasteiger partial charge < -0.3 is 4.57 Å². The van der Waals surface area contributed by atoms with E-state index in [1.54, 1.807) is 6.33 Å². The van der Waals surface area contributed by atoms with Gasteiger partial charge in [0.1, 0.15) is 0 Å². The third-order valence-electron chi connectivity index (χ3n) is 4.25. The minimum absolute atomic E-state index is 0.0779. The lowest BCUT2D eigenvalue weighted by Crippen LogP contribution is -2.41. The van der Waals surface area contributed by atoms with Crippen LogP contribution in [0.2, 0.25) is 0 Å². The number of fused-ring (bicyclic) bond motifs is 1. The molecule has 2 heterocycles. The van der Waals surface area contributed by atoms with Crippen molar-refractivity contribution in [2.45, 2.75) is 47.2 Å². The van der Waals surface area contributed by atoms with Gasteiger partial charge in [0.05, 0.1) is 12.0 Å². The molecule has 6 heteroatoms. The molecule has 0 unspecified atom stereocenters. The summed E-state index contributed by atoms with van der Waals surface area (Å²) < 4.78 is 4.70. The molecule has 3 rings (SSSR count). The summed E-state index contributed by atoms with van der Waals surface area (Å²) in [4.78, 5) is 30.5. The smallest absolute Gasteiger partial charge is 0.322 e. The molecule has 25 heavy (non-hydrogen) atoms. The molecular weight excluding hydrogens is 316 g/mol. The van der Waals surface area contributed by atoms with Crippen molar-refractivity contribution < 1.29 is 0 Å². The molecule has 0 aliphatic heterocycles. The van der Waals surface area contributed by atoms with Crippen molar-refractivity contribution in [1.82, 2.24) is 18.7 Å². The summed E-state index contributed by atoms with van der Waals surface area (Å²) in [7, 11) is 0. The van der Waals surface area contributed by atoms with Crippen molar-refractivity contribution in [2.24, 2.45) is 5.92 Å². The molecule has 0 aliphatic carbocycles. The van der Waals surface area contributed by atoms with Crippen LogP contribution in [-0.2, 0) is 6.54 Å². The molecule has 3 aromatic rings. The lowest BCUT2D eigenvalue weighted by Gasteiger charge is -2.15. The maximum atomic E-state index is 13.1. The Hall–Kier alpha value is -2.63. The van der Waals surface area contributed by atoms with E-state index in [0.717, 1.165) is 5.56 Å². The van der Waals surface area contributed by atoms with Crippen LogP contribution >= 0.6 is 0 Å². The molecule has 2 aromatic heterocycles. The van der Waals surface area contributed by atoms with Crippen molar-refractivity contribution in [3.05, 3.63) is 57.0 Å². The Balaban J connectivity index is 2.45. The fraction of sp³-hybridized carbons (Fsp3) is 0.421. The minimum Gasteiger partial charge on any atom is -0.322 e. The van der Waals surface area contributed by atoms with Crippen molar-refractivity contribution in [2.75, 3.05) is 0 Å². The van der Waals surface area contributed by atoms with Gasteiger partial charge in [0.2, 0.25) is 0 Å². The molecule has 0 bridgehead atoms. The maximum Gasteiger partial charge on any atom is 0.337 e. The first-order valence-electron chi connectivity index (χ1n) is 8.60. The lowest BCUT2D eigenvalue weighted by atomic mass is 10.2. The highest BCUT2D eigenvalue weighted by Crippen LogP contribution is 2.17.